The first-order valence-electron chi connectivity index (χ1n) is 9.96. The average molecular weight is 449 g/mol. The number of anilines is 1. The molecule has 3 aromatic rings. The average Bonchev–Trinajstić information content (AvgIpc) is 3.14. The van der Waals surface area contributed by atoms with E-state index in [2.05, 4.69) is 5.32 Å². The van der Waals surface area contributed by atoms with Gasteiger partial charge >= 0.3 is 0 Å². The quantitative estimate of drug-likeness (QED) is 0.536. The number of hydrogen-bond donors (Lipinski definition) is 1. The van der Waals surface area contributed by atoms with Crippen molar-refractivity contribution < 1.29 is 32.9 Å². The van der Waals surface area contributed by atoms with E-state index in [0.29, 0.717) is 34.1 Å². The van der Waals surface area contributed by atoms with Gasteiger partial charge in [-0.05, 0) is 42.5 Å². The Balaban J connectivity index is 1.45. The third kappa shape index (κ3) is 4.79. The van der Waals surface area contributed by atoms with E-state index in [0.717, 1.165) is 0 Å². The number of fused-ring (bicyclic) bond motifs is 1. The van der Waals surface area contributed by atoms with E-state index in [-0.39, 0.29) is 23.8 Å². The van der Waals surface area contributed by atoms with Crippen LogP contribution >= 0.6 is 0 Å². The largest absolute Gasteiger partial charge is 0.497 e. The second-order valence-corrected chi connectivity index (χ2v) is 7.02. The van der Waals surface area contributed by atoms with Crippen molar-refractivity contribution in [3.8, 4) is 23.0 Å². The second kappa shape index (κ2) is 9.44. The summed E-state index contributed by atoms with van der Waals surface area (Å²) < 4.78 is 35.4. The van der Waals surface area contributed by atoms with Gasteiger partial charge in [-0.1, -0.05) is 12.1 Å². The molecule has 168 valence electrons. The lowest BCUT2D eigenvalue weighted by molar-refractivity contribution is -0.118. The molecule has 0 fully saturated rings. The van der Waals surface area contributed by atoms with E-state index in [1.54, 1.807) is 49.6 Å². The van der Waals surface area contributed by atoms with Gasteiger partial charge in [0.15, 0.2) is 12.4 Å². The molecule has 33 heavy (non-hydrogen) atoms. The van der Waals surface area contributed by atoms with Crippen molar-refractivity contribution in [1.82, 2.24) is 0 Å². The fourth-order valence-corrected chi connectivity index (χ4v) is 3.23. The number of benzene rings is 3. The predicted molar refractivity (Wildman–Crippen MR) is 119 cm³/mol. The molecule has 1 aliphatic rings. The number of nitrogens with one attached hydrogen (secondary N) is 1. The molecule has 1 amide bonds. The zero-order chi connectivity index (χ0) is 23.4. The standard InChI is InChI=1S/C25H20FNO6/c1-30-16-8-7-15(21(12-16)31-2)11-23-25(29)18-10-9-17(13-22(18)33-23)32-14-24(28)27-20-6-4-3-5-19(20)26/h3-13H,14H2,1-2H3,(H,27,28). The third-order valence-electron chi connectivity index (χ3n) is 4.89. The van der Waals surface area contributed by atoms with E-state index in [4.69, 9.17) is 18.9 Å². The monoisotopic (exact) mass is 449 g/mol. The third-order valence-corrected chi connectivity index (χ3v) is 4.89. The Morgan fingerprint density at radius 1 is 1.03 bits per heavy atom. The Morgan fingerprint density at radius 3 is 2.58 bits per heavy atom. The number of ether oxygens (including phenoxy) is 4. The molecule has 0 atom stereocenters. The molecule has 1 heterocycles. The normalized spacial score (nSPS) is 13.3. The molecule has 0 aliphatic carbocycles. The Kier molecular flexibility index (Phi) is 6.26. The van der Waals surface area contributed by atoms with E-state index in [1.807, 2.05) is 0 Å². The lowest BCUT2D eigenvalue weighted by atomic mass is 10.1. The van der Waals surface area contributed by atoms with Crippen molar-refractivity contribution in [2.45, 2.75) is 0 Å². The maximum atomic E-state index is 13.7. The van der Waals surface area contributed by atoms with Crippen molar-refractivity contribution in [2.24, 2.45) is 0 Å². The van der Waals surface area contributed by atoms with Crippen LogP contribution in [0, 0.1) is 5.82 Å². The van der Waals surface area contributed by atoms with Gasteiger partial charge in [0.1, 0.15) is 28.8 Å². The van der Waals surface area contributed by atoms with Crippen molar-refractivity contribution in [3.05, 3.63) is 83.4 Å². The number of hydrogen-bond acceptors (Lipinski definition) is 6. The summed E-state index contributed by atoms with van der Waals surface area (Å²) in [6.07, 6.45) is 1.59. The van der Waals surface area contributed by atoms with E-state index in [9.17, 15) is 14.0 Å². The van der Waals surface area contributed by atoms with Gasteiger partial charge in [0.2, 0.25) is 5.78 Å². The van der Waals surface area contributed by atoms with Gasteiger partial charge in [-0.15, -0.1) is 0 Å². The molecule has 1 aliphatic heterocycles. The van der Waals surface area contributed by atoms with Crippen LogP contribution in [0.25, 0.3) is 6.08 Å². The second-order valence-electron chi connectivity index (χ2n) is 7.02. The molecule has 8 heteroatoms. The van der Waals surface area contributed by atoms with Gasteiger partial charge in [0.25, 0.3) is 5.91 Å². The van der Waals surface area contributed by atoms with Gasteiger partial charge in [-0.3, -0.25) is 9.59 Å². The van der Waals surface area contributed by atoms with Crippen molar-refractivity contribution >= 4 is 23.5 Å². The van der Waals surface area contributed by atoms with Gasteiger partial charge < -0.3 is 24.3 Å². The number of Topliss-reactive ketones (excluding diaryl/α,β-unsaturated/α-hetero) is 1. The molecule has 0 unspecified atom stereocenters. The number of rotatable bonds is 7. The number of ketones is 1. The molecule has 4 rings (SSSR count). The van der Waals surface area contributed by atoms with Gasteiger partial charge in [0.05, 0.1) is 25.5 Å². The molecule has 0 radical (unpaired) electrons. The molecule has 0 bridgehead atoms. The van der Waals surface area contributed by atoms with Crippen LogP contribution in [0.4, 0.5) is 10.1 Å². The van der Waals surface area contributed by atoms with Crippen LogP contribution in [-0.4, -0.2) is 32.5 Å². The van der Waals surface area contributed by atoms with Crippen molar-refractivity contribution in [3.63, 3.8) is 0 Å². The van der Waals surface area contributed by atoms with Crippen LogP contribution in [-0.2, 0) is 4.79 Å². The lowest BCUT2D eigenvalue weighted by Crippen LogP contribution is -2.20. The minimum Gasteiger partial charge on any atom is -0.497 e. The molecule has 3 aromatic carbocycles. The summed E-state index contributed by atoms with van der Waals surface area (Å²) in [5.74, 6) is 0.567. The highest BCUT2D eigenvalue weighted by atomic mass is 19.1. The lowest BCUT2D eigenvalue weighted by Gasteiger charge is -2.09. The molecule has 0 aromatic heterocycles. The highest BCUT2D eigenvalue weighted by molar-refractivity contribution is 6.14. The number of allylic oxidation sites excluding steroid dienone is 1. The maximum absolute atomic E-state index is 13.7. The topological polar surface area (TPSA) is 83.1 Å². The number of para-hydroxylation sites is 1. The van der Waals surface area contributed by atoms with E-state index >= 15 is 0 Å². The Morgan fingerprint density at radius 2 is 1.82 bits per heavy atom. The fourth-order valence-electron chi connectivity index (χ4n) is 3.23. The molecule has 0 saturated heterocycles. The fraction of sp³-hybridized carbons (Fsp3) is 0.120. The van der Waals surface area contributed by atoms with Crippen molar-refractivity contribution in [1.29, 1.82) is 0 Å². The van der Waals surface area contributed by atoms with Crippen LogP contribution in [0.3, 0.4) is 0 Å². The number of halogens is 1. The summed E-state index contributed by atoms with van der Waals surface area (Å²) in [6.45, 7) is -0.340. The summed E-state index contributed by atoms with van der Waals surface area (Å²) in [6, 6.07) is 15.7. The first-order chi connectivity index (χ1) is 16.0. The van der Waals surface area contributed by atoms with E-state index < -0.39 is 11.7 Å². The van der Waals surface area contributed by atoms with Crippen LogP contribution < -0.4 is 24.3 Å². The maximum Gasteiger partial charge on any atom is 0.262 e. The van der Waals surface area contributed by atoms with Crippen molar-refractivity contribution in [2.75, 3.05) is 26.1 Å². The van der Waals surface area contributed by atoms with Crippen LogP contribution in [0.5, 0.6) is 23.0 Å². The number of methoxy groups -OCH3 is 2. The minimum atomic E-state index is -0.539. The van der Waals surface area contributed by atoms with Crippen LogP contribution in [0.15, 0.2) is 66.4 Å². The molecular weight excluding hydrogens is 429 g/mol. The van der Waals surface area contributed by atoms with Crippen LogP contribution in [0.2, 0.25) is 0 Å². The van der Waals surface area contributed by atoms with Gasteiger partial charge in [-0.25, -0.2) is 4.39 Å². The summed E-state index contributed by atoms with van der Waals surface area (Å²) in [5.41, 5.74) is 1.09. The summed E-state index contributed by atoms with van der Waals surface area (Å²) in [5, 5.41) is 2.44. The number of carbonyl (C=O) groups is 2. The number of carbonyl (C=O) groups excluding carboxylic acids is 2. The van der Waals surface area contributed by atoms with Crippen LogP contribution in [0.1, 0.15) is 15.9 Å². The molecular formula is C25H20FNO6. The molecule has 7 nitrogen and oxygen atoms in total. The summed E-state index contributed by atoms with van der Waals surface area (Å²) in [7, 11) is 3.07. The SMILES string of the molecule is COc1ccc(C=C2Oc3cc(OCC(=O)Nc4ccccc4F)ccc3C2=O)c(OC)c1. The summed E-state index contributed by atoms with van der Waals surface area (Å²) >= 11 is 0. The highest BCUT2D eigenvalue weighted by Crippen LogP contribution is 2.36. The number of amides is 1. The van der Waals surface area contributed by atoms with Gasteiger partial charge in [0, 0.05) is 17.7 Å². The Labute approximate surface area is 189 Å². The highest BCUT2D eigenvalue weighted by Gasteiger charge is 2.28. The first kappa shape index (κ1) is 21.9. The Bertz CT molecular complexity index is 1250. The minimum absolute atomic E-state index is 0.0673. The first-order valence-corrected chi connectivity index (χ1v) is 9.96. The smallest absolute Gasteiger partial charge is 0.262 e. The molecule has 0 spiro atoms. The molecule has 0 saturated carbocycles. The zero-order valence-corrected chi connectivity index (χ0v) is 17.9. The van der Waals surface area contributed by atoms with E-state index in [1.165, 1.54) is 31.4 Å². The zero-order valence-electron chi connectivity index (χ0n) is 17.9. The Hall–Kier alpha value is -4.33. The summed E-state index contributed by atoms with van der Waals surface area (Å²) in [4.78, 5) is 24.8. The molecule has 1 N–H and O–H groups in total. The predicted octanol–water partition coefficient (Wildman–Crippen LogP) is 4.48. The van der Waals surface area contributed by atoms with Gasteiger partial charge in [-0.2, -0.15) is 0 Å².